The summed E-state index contributed by atoms with van der Waals surface area (Å²) in [6.07, 6.45) is 0.128. The summed E-state index contributed by atoms with van der Waals surface area (Å²) in [5, 5.41) is 0. The molecule has 3 N–H and O–H groups in total. The van der Waals surface area contributed by atoms with Crippen LogP contribution >= 0.6 is 7.60 Å². The summed E-state index contributed by atoms with van der Waals surface area (Å²) in [5.74, 6) is -0.300. The van der Waals surface area contributed by atoms with Crippen LogP contribution in [0, 0.1) is 0 Å². The zero-order valence-electron chi connectivity index (χ0n) is 15.6. The second kappa shape index (κ2) is 7.96. The lowest BCUT2D eigenvalue weighted by Crippen LogP contribution is -2.21. The van der Waals surface area contributed by atoms with Gasteiger partial charge in [0, 0.05) is 6.42 Å². The van der Waals surface area contributed by atoms with Crippen LogP contribution in [0.15, 0.2) is 23.3 Å². The first-order valence-corrected chi connectivity index (χ1v) is 10.5. The number of imidazole rings is 1. The molecule has 1 fully saturated rings. The minimum absolute atomic E-state index is 0.0589. The number of aromatic nitrogens is 4. The van der Waals surface area contributed by atoms with E-state index < -0.39 is 25.3 Å². The molecular weight excluding hydrogens is 389 g/mol. The summed E-state index contributed by atoms with van der Waals surface area (Å²) < 4.78 is 30.0. The van der Waals surface area contributed by atoms with E-state index in [0.29, 0.717) is 5.57 Å². The second-order valence-corrected chi connectivity index (χ2v) is 8.16. The van der Waals surface area contributed by atoms with Crippen molar-refractivity contribution in [2.75, 3.05) is 25.3 Å². The standard InChI is InChI=1S/C16H22N5O6P/c1-4-26-28(24,27-5-2)8-25-13-9(3)10(6-11(13)22)21-7-18-12-14(21)19-16(17)20-15(12)23/h7,10,13H,3-6,8H2,1-2H3,(H3,17,19,20,23)/t10-,13?/m0/s1. The number of nitrogen functional groups attached to an aromatic ring is 1. The average molecular weight is 411 g/mol. The Bertz CT molecular complexity index is 1000. The van der Waals surface area contributed by atoms with E-state index in [9.17, 15) is 14.2 Å². The van der Waals surface area contributed by atoms with Gasteiger partial charge >= 0.3 is 7.60 Å². The predicted octanol–water partition coefficient (Wildman–Crippen LogP) is 1.38. The van der Waals surface area contributed by atoms with Crippen LogP contribution in [0.3, 0.4) is 0 Å². The smallest absolute Gasteiger partial charge is 0.356 e. The fraction of sp³-hybridized carbons (Fsp3) is 0.500. The fourth-order valence-electron chi connectivity index (χ4n) is 3.13. The highest BCUT2D eigenvalue weighted by Gasteiger charge is 2.40. The van der Waals surface area contributed by atoms with Crippen LogP contribution in [0.1, 0.15) is 26.3 Å². The number of rotatable bonds is 8. The number of ether oxygens (including phenoxy) is 1. The van der Waals surface area contributed by atoms with Gasteiger partial charge in [0.05, 0.1) is 25.6 Å². The molecule has 3 rings (SSSR count). The summed E-state index contributed by atoms with van der Waals surface area (Å²) in [6, 6.07) is -0.519. The van der Waals surface area contributed by atoms with E-state index in [2.05, 4.69) is 21.5 Å². The van der Waals surface area contributed by atoms with E-state index in [4.69, 9.17) is 19.5 Å². The number of anilines is 1. The Hall–Kier alpha value is -2.33. The molecule has 0 amide bonds. The summed E-state index contributed by atoms with van der Waals surface area (Å²) in [6.45, 7) is 7.70. The zero-order chi connectivity index (χ0) is 20.5. The number of hydrogen-bond donors (Lipinski definition) is 2. The molecular formula is C16H22N5O6P. The van der Waals surface area contributed by atoms with Crippen molar-refractivity contribution in [2.45, 2.75) is 32.4 Å². The third-order valence-corrected chi connectivity index (χ3v) is 6.06. The molecule has 152 valence electrons. The Morgan fingerprint density at radius 2 is 2.04 bits per heavy atom. The van der Waals surface area contributed by atoms with Crippen LogP contribution in [0.25, 0.3) is 11.2 Å². The maximum atomic E-state index is 12.6. The predicted molar refractivity (Wildman–Crippen MR) is 101 cm³/mol. The van der Waals surface area contributed by atoms with Gasteiger partial charge in [0.15, 0.2) is 16.9 Å². The summed E-state index contributed by atoms with van der Waals surface area (Å²) in [4.78, 5) is 35.0. The van der Waals surface area contributed by atoms with Crippen molar-refractivity contribution in [2.24, 2.45) is 0 Å². The van der Waals surface area contributed by atoms with E-state index in [1.165, 1.54) is 6.33 Å². The number of H-pyrrole nitrogens is 1. The normalized spacial score (nSPS) is 20.4. The van der Waals surface area contributed by atoms with Gasteiger partial charge in [-0.25, -0.2) is 4.98 Å². The van der Waals surface area contributed by atoms with Crippen LogP contribution in [-0.2, 0) is 23.1 Å². The number of ketones is 1. The summed E-state index contributed by atoms with van der Waals surface area (Å²) >= 11 is 0. The highest BCUT2D eigenvalue weighted by molar-refractivity contribution is 7.53. The number of nitrogens with zero attached hydrogens (tertiary/aromatic N) is 3. The van der Waals surface area contributed by atoms with Gasteiger partial charge in [0.25, 0.3) is 5.56 Å². The lowest BCUT2D eigenvalue weighted by Gasteiger charge is -2.20. The van der Waals surface area contributed by atoms with Crippen LogP contribution < -0.4 is 11.3 Å². The molecule has 0 aromatic carbocycles. The molecule has 2 aromatic heterocycles. The molecule has 1 saturated carbocycles. The number of carbonyl (C=O) groups is 1. The molecule has 2 atom stereocenters. The van der Waals surface area contributed by atoms with Gasteiger partial charge in [0.1, 0.15) is 12.5 Å². The third kappa shape index (κ3) is 3.79. The largest absolute Gasteiger partial charge is 0.369 e. The molecule has 2 heterocycles. The highest BCUT2D eigenvalue weighted by atomic mass is 31.2. The molecule has 0 bridgehead atoms. The van der Waals surface area contributed by atoms with Gasteiger partial charge in [-0.3, -0.25) is 19.1 Å². The summed E-state index contributed by atoms with van der Waals surface area (Å²) in [7, 11) is -3.47. The van der Waals surface area contributed by atoms with Crippen LogP contribution in [0.4, 0.5) is 5.95 Å². The Balaban J connectivity index is 1.83. The molecule has 11 nitrogen and oxygen atoms in total. The van der Waals surface area contributed by atoms with E-state index in [-0.39, 0.29) is 48.9 Å². The van der Waals surface area contributed by atoms with Crippen molar-refractivity contribution in [1.29, 1.82) is 0 Å². The van der Waals surface area contributed by atoms with E-state index in [0.717, 1.165) is 0 Å². The first kappa shape index (κ1) is 20.4. The van der Waals surface area contributed by atoms with Crippen molar-refractivity contribution >= 4 is 30.5 Å². The summed E-state index contributed by atoms with van der Waals surface area (Å²) in [5.41, 5.74) is 5.93. The number of nitrogens with two attached hydrogens (primary N) is 1. The number of aromatic amines is 1. The number of carbonyl (C=O) groups excluding carboxylic acids is 1. The molecule has 0 spiro atoms. The number of hydrogen-bond acceptors (Lipinski definition) is 9. The minimum atomic E-state index is -3.47. The molecule has 1 aliphatic rings. The Kier molecular flexibility index (Phi) is 5.80. The second-order valence-electron chi connectivity index (χ2n) is 6.16. The highest BCUT2D eigenvalue weighted by Crippen LogP contribution is 2.49. The van der Waals surface area contributed by atoms with Crippen LogP contribution in [0.5, 0.6) is 0 Å². The Labute approximate surface area is 160 Å². The van der Waals surface area contributed by atoms with Crippen LogP contribution in [-0.4, -0.2) is 51.0 Å². The Morgan fingerprint density at radius 1 is 1.36 bits per heavy atom. The maximum Gasteiger partial charge on any atom is 0.356 e. The third-order valence-electron chi connectivity index (χ3n) is 4.29. The van der Waals surface area contributed by atoms with Crippen LogP contribution in [0.2, 0.25) is 0 Å². The van der Waals surface area contributed by atoms with Crippen molar-refractivity contribution in [1.82, 2.24) is 19.5 Å². The van der Waals surface area contributed by atoms with Crippen molar-refractivity contribution < 1.29 is 23.1 Å². The quantitative estimate of drug-likeness (QED) is 0.485. The lowest BCUT2D eigenvalue weighted by atomic mass is 10.1. The SMILES string of the molecule is C=C1C(OCP(=O)(OCC)OCC)C(=O)C[C@@H]1n1cnc2c(=O)[nH]c(N)nc21. The van der Waals surface area contributed by atoms with E-state index in [1.807, 2.05) is 0 Å². The van der Waals surface area contributed by atoms with Gasteiger partial charge in [-0.15, -0.1) is 0 Å². The van der Waals surface area contributed by atoms with Crippen molar-refractivity contribution in [3.8, 4) is 0 Å². The van der Waals surface area contributed by atoms with Crippen molar-refractivity contribution in [3.05, 3.63) is 28.8 Å². The minimum Gasteiger partial charge on any atom is -0.369 e. The van der Waals surface area contributed by atoms with E-state index >= 15 is 0 Å². The molecule has 0 saturated heterocycles. The van der Waals surface area contributed by atoms with Crippen molar-refractivity contribution in [3.63, 3.8) is 0 Å². The topological polar surface area (TPSA) is 151 Å². The maximum absolute atomic E-state index is 12.6. The zero-order valence-corrected chi connectivity index (χ0v) is 16.5. The molecule has 1 aliphatic carbocycles. The van der Waals surface area contributed by atoms with Gasteiger partial charge in [0.2, 0.25) is 5.95 Å². The first-order valence-electron chi connectivity index (χ1n) is 8.73. The number of nitrogens with one attached hydrogen (secondary N) is 1. The molecule has 12 heteroatoms. The Morgan fingerprint density at radius 3 is 2.68 bits per heavy atom. The monoisotopic (exact) mass is 411 g/mol. The first-order chi connectivity index (χ1) is 13.3. The average Bonchev–Trinajstić information content (AvgIpc) is 3.15. The van der Waals surface area contributed by atoms with E-state index in [1.54, 1.807) is 18.4 Å². The van der Waals surface area contributed by atoms with Gasteiger partial charge < -0.3 is 24.1 Å². The lowest BCUT2D eigenvalue weighted by molar-refractivity contribution is -0.125. The number of Topliss-reactive ketones (excluding diaryl/α,β-unsaturated/α-hetero) is 1. The molecule has 1 unspecified atom stereocenters. The van der Waals surface area contributed by atoms with Gasteiger partial charge in [-0.1, -0.05) is 6.58 Å². The molecule has 2 aromatic rings. The van der Waals surface area contributed by atoms with Gasteiger partial charge in [-0.2, -0.15) is 4.98 Å². The fourth-order valence-corrected chi connectivity index (χ4v) is 4.47. The van der Waals surface area contributed by atoms with Gasteiger partial charge in [-0.05, 0) is 19.4 Å². The molecule has 0 aliphatic heterocycles. The molecule has 28 heavy (non-hydrogen) atoms. The molecule has 0 radical (unpaired) electrons. The number of fused-ring (bicyclic) bond motifs is 1.